The van der Waals surface area contributed by atoms with E-state index in [9.17, 15) is 19.2 Å². The van der Waals surface area contributed by atoms with E-state index < -0.39 is 17.6 Å². The number of nitrogens with zero attached hydrogens (tertiary/aromatic N) is 2. The lowest BCUT2D eigenvalue weighted by Gasteiger charge is -2.23. The highest BCUT2D eigenvalue weighted by Crippen LogP contribution is 2.11. The second kappa shape index (κ2) is 7.87. The maximum Gasteiger partial charge on any atom is 0.431 e. The highest BCUT2D eigenvalue weighted by atomic mass is 16.6. The van der Waals surface area contributed by atoms with Gasteiger partial charge in [-0.05, 0) is 33.6 Å². The van der Waals surface area contributed by atoms with Crippen molar-refractivity contribution in [1.29, 1.82) is 0 Å². The Morgan fingerprint density at radius 3 is 2.22 bits per heavy atom. The van der Waals surface area contributed by atoms with E-state index >= 15 is 0 Å². The van der Waals surface area contributed by atoms with Gasteiger partial charge in [0.2, 0.25) is 5.91 Å². The molecule has 1 rings (SSSR count). The summed E-state index contributed by atoms with van der Waals surface area (Å²) >= 11 is 0. The molecule has 0 unspecified atom stereocenters. The van der Waals surface area contributed by atoms with Crippen molar-refractivity contribution < 1.29 is 23.9 Å². The van der Waals surface area contributed by atoms with Crippen molar-refractivity contribution in [2.24, 2.45) is 5.84 Å². The third kappa shape index (κ3) is 6.19. The number of hydrogen-bond donors (Lipinski definition) is 1. The molecule has 0 aromatic rings. The van der Waals surface area contributed by atoms with Gasteiger partial charge in [0.15, 0.2) is 0 Å². The Bertz CT molecular complexity index is 504. The Hall–Kier alpha value is -2.22. The topological polar surface area (TPSA) is 110 Å². The van der Waals surface area contributed by atoms with Gasteiger partial charge in [-0.25, -0.2) is 10.6 Å². The van der Waals surface area contributed by atoms with Gasteiger partial charge < -0.3 is 4.74 Å². The lowest BCUT2D eigenvalue weighted by molar-refractivity contribution is -0.137. The van der Waals surface area contributed by atoms with Gasteiger partial charge in [-0.3, -0.25) is 19.3 Å². The molecule has 1 heterocycles. The molecule has 0 radical (unpaired) electrons. The van der Waals surface area contributed by atoms with Gasteiger partial charge in [0.25, 0.3) is 11.8 Å². The zero-order valence-corrected chi connectivity index (χ0v) is 13.7. The van der Waals surface area contributed by atoms with Crippen molar-refractivity contribution in [3.8, 4) is 0 Å². The van der Waals surface area contributed by atoms with E-state index in [1.54, 1.807) is 20.8 Å². The normalized spacial score (nSPS) is 14.3. The van der Waals surface area contributed by atoms with Gasteiger partial charge in [-0.1, -0.05) is 6.42 Å². The minimum atomic E-state index is -0.887. The van der Waals surface area contributed by atoms with Gasteiger partial charge in [0.05, 0.1) is 0 Å². The maximum atomic E-state index is 11.8. The van der Waals surface area contributed by atoms with Crippen LogP contribution in [0.2, 0.25) is 0 Å². The molecule has 8 nitrogen and oxygen atoms in total. The lowest BCUT2D eigenvalue weighted by Crippen LogP contribution is -2.45. The number of ether oxygens (including phenoxy) is 1. The first kappa shape index (κ1) is 18.8. The fourth-order valence-corrected chi connectivity index (χ4v) is 1.91. The Morgan fingerprint density at radius 1 is 1.13 bits per heavy atom. The first-order valence-corrected chi connectivity index (χ1v) is 7.46. The van der Waals surface area contributed by atoms with Gasteiger partial charge in [-0.15, -0.1) is 0 Å². The molecule has 23 heavy (non-hydrogen) atoms. The molecule has 0 saturated carbocycles. The second-order valence-electron chi connectivity index (χ2n) is 6.22. The van der Waals surface area contributed by atoms with Crippen molar-refractivity contribution in [1.82, 2.24) is 9.91 Å². The highest BCUT2D eigenvalue weighted by molar-refractivity contribution is 6.12. The number of amides is 4. The molecule has 0 atom stereocenters. The number of carbonyl (C=O) groups is 4. The SMILES string of the molecule is CC(C)(C)OC(=O)N(N)C(=O)CCCCCN1C(=O)C=CC1=O. The van der Waals surface area contributed by atoms with Crippen LogP contribution in [-0.2, 0) is 19.1 Å². The number of nitrogens with two attached hydrogens (primary N) is 1. The molecule has 1 aliphatic rings. The van der Waals surface area contributed by atoms with Crippen LogP contribution in [0.1, 0.15) is 46.5 Å². The first-order chi connectivity index (χ1) is 10.6. The average Bonchev–Trinajstić information content (AvgIpc) is 2.75. The Balaban J connectivity index is 2.22. The summed E-state index contributed by atoms with van der Waals surface area (Å²) in [6.45, 7) is 5.36. The number of rotatable bonds is 6. The van der Waals surface area contributed by atoms with Crippen LogP contribution < -0.4 is 5.84 Å². The van der Waals surface area contributed by atoms with E-state index in [0.717, 1.165) is 4.90 Å². The van der Waals surface area contributed by atoms with Crippen molar-refractivity contribution in [2.75, 3.05) is 6.54 Å². The molecule has 128 valence electrons. The molecule has 0 aliphatic carbocycles. The summed E-state index contributed by atoms with van der Waals surface area (Å²) in [5.74, 6) is 4.26. The molecule has 0 spiro atoms. The van der Waals surface area contributed by atoms with E-state index in [1.807, 2.05) is 0 Å². The molecule has 0 aromatic carbocycles. The minimum Gasteiger partial charge on any atom is -0.442 e. The third-order valence-electron chi connectivity index (χ3n) is 3.03. The fourth-order valence-electron chi connectivity index (χ4n) is 1.91. The van der Waals surface area contributed by atoms with Crippen LogP contribution in [0.15, 0.2) is 12.2 Å². The van der Waals surface area contributed by atoms with Crippen LogP contribution in [0.5, 0.6) is 0 Å². The third-order valence-corrected chi connectivity index (χ3v) is 3.03. The van der Waals surface area contributed by atoms with Gasteiger partial charge in [0.1, 0.15) is 5.60 Å². The molecule has 0 saturated heterocycles. The predicted octanol–water partition coefficient (Wildman–Crippen LogP) is 1.11. The average molecular weight is 325 g/mol. The van der Waals surface area contributed by atoms with Crippen LogP contribution >= 0.6 is 0 Å². The minimum absolute atomic E-state index is 0.0931. The zero-order chi connectivity index (χ0) is 17.6. The van der Waals surface area contributed by atoms with E-state index in [1.165, 1.54) is 12.2 Å². The van der Waals surface area contributed by atoms with E-state index in [4.69, 9.17) is 10.6 Å². The molecule has 0 bridgehead atoms. The summed E-state index contributed by atoms with van der Waals surface area (Å²) < 4.78 is 4.99. The van der Waals surface area contributed by atoms with Crippen molar-refractivity contribution in [3.63, 3.8) is 0 Å². The molecule has 0 aromatic heterocycles. The summed E-state index contributed by atoms with van der Waals surface area (Å²) in [5.41, 5.74) is -0.724. The van der Waals surface area contributed by atoms with Crippen molar-refractivity contribution in [3.05, 3.63) is 12.2 Å². The smallest absolute Gasteiger partial charge is 0.431 e. The van der Waals surface area contributed by atoms with E-state index in [2.05, 4.69) is 0 Å². The van der Waals surface area contributed by atoms with Crippen molar-refractivity contribution in [2.45, 2.75) is 52.1 Å². The number of carbonyl (C=O) groups excluding carboxylic acids is 4. The number of imide groups is 2. The summed E-state index contributed by atoms with van der Waals surface area (Å²) in [6.07, 6.45) is 3.39. The number of unbranched alkanes of at least 4 members (excludes halogenated alkanes) is 2. The molecule has 4 amide bonds. The Labute approximate surface area is 135 Å². The number of hydrogen-bond acceptors (Lipinski definition) is 6. The zero-order valence-electron chi connectivity index (χ0n) is 13.7. The lowest BCUT2D eigenvalue weighted by atomic mass is 10.2. The summed E-state index contributed by atoms with van der Waals surface area (Å²) in [6, 6.07) is 0. The van der Waals surface area contributed by atoms with Crippen LogP contribution in [-0.4, -0.2) is 45.9 Å². The van der Waals surface area contributed by atoms with Gasteiger partial charge in [0, 0.05) is 25.1 Å². The summed E-state index contributed by atoms with van der Waals surface area (Å²) in [5, 5.41) is 0.475. The number of hydrazine groups is 1. The molecule has 1 aliphatic heterocycles. The summed E-state index contributed by atoms with van der Waals surface area (Å²) in [4.78, 5) is 47.2. The summed E-state index contributed by atoms with van der Waals surface area (Å²) in [7, 11) is 0. The Morgan fingerprint density at radius 2 is 1.70 bits per heavy atom. The van der Waals surface area contributed by atoms with Gasteiger partial charge in [-0.2, -0.15) is 5.01 Å². The molecule has 2 N–H and O–H groups in total. The molecular weight excluding hydrogens is 302 g/mol. The maximum absolute atomic E-state index is 11.8. The monoisotopic (exact) mass is 325 g/mol. The molecule has 0 fully saturated rings. The highest BCUT2D eigenvalue weighted by Gasteiger charge is 2.25. The van der Waals surface area contributed by atoms with Crippen molar-refractivity contribution >= 4 is 23.8 Å². The Kier molecular flexibility index (Phi) is 6.44. The van der Waals surface area contributed by atoms with E-state index in [0.29, 0.717) is 30.8 Å². The van der Waals surface area contributed by atoms with Crippen LogP contribution in [0.3, 0.4) is 0 Å². The molecule has 8 heteroatoms. The standard InChI is InChI=1S/C15H23N3O5/c1-15(2,3)23-14(22)18(16)13(21)7-5-4-6-10-17-11(19)8-9-12(17)20/h8-9H,4-7,10,16H2,1-3H3. The fraction of sp³-hybridized carbons (Fsp3) is 0.600. The second-order valence-corrected chi connectivity index (χ2v) is 6.22. The largest absolute Gasteiger partial charge is 0.442 e. The van der Waals surface area contributed by atoms with Crippen LogP contribution in [0, 0.1) is 0 Å². The predicted molar refractivity (Wildman–Crippen MR) is 81.6 cm³/mol. The van der Waals surface area contributed by atoms with E-state index in [-0.39, 0.29) is 18.2 Å². The quantitative estimate of drug-likeness (QED) is 0.257. The van der Waals surface area contributed by atoms with Gasteiger partial charge >= 0.3 is 6.09 Å². The first-order valence-electron chi connectivity index (χ1n) is 7.46. The van der Waals surface area contributed by atoms with Crippen LogP contribution in [0.25, 0.3) is 0 Å². The van der Waals surface area contributed by atoms with Crippen LogP contribution in [0.4, 0.5) is 4.79 Å². The molecular formula is C15H23N3O5.